The third kappa shape index (κ3) is 4.03. The Morgan fingerprint density at radius 1 is 1.59 bits per heavy atom. The van der Waals surface area contributed by atoms with Crippen molar-refractivity contribution in [2.75, 3.05) is 12.3 Å². The first-order valence-electron chi connectivity index (χ1n) is 5.11. The van der Waals surface area contributed by atoms with Gasteiger partial charge in [-0.1, -0.05) is 0 Å². The van der Waals surface area contributed by atoms with Crippen molar-refractivity contribution in [2.45, 2.75) is 26.3 Å². The number of nitrogen functional groups attached to an aromatic ring is 1. The normalized spacial score (nSPS) is 10.5. The maximum Gasteiger partial charge on any atom is 0.323 e. The fourth-order valence-electron chi connectivity index (χ4n) is 1.36. The van der Waals surface area contributed by atoms with E-state index in [9.17, 15) is 9.59 Å². The van der Waals surface area contributed by atoms with Crippen molar-refractivity contribution < 1.29 is 14.7 Å². The zero-order valence-corrected chi connectivity index (χ0v) is 10.5. The van der Waals surface area contributed by atoms with Gasteiger partial charge in [0.05, 0.1) is 12.1 Å². The minimum absolute atomic E-state index is 0.0825. The van der Waals surface area contributed by atoms with E-state index in [1.807, 2.05) is 0 Å². The molecule has 1 heterocycles. The third-order valence-electron chi connectivity index (χ3n) is 2.15. The maximum absolute atomic E-state index is 11.9. The number of carbonyl (C=O) groups is 2. The highest BCUT2D eigenvalue weighted by molar-refractivity contribution is 7.13. The summed E-state index contributed by atoms with van der Waals surface area (Å²) < 4.78 is 0. The molecule has 0 fully saturated rings. The summed E-state index contributed by atoms with van der Waals surface area (Å²) in [6.07, 6.45) is 0.0825. The number of carbonyl (C=O) groups excluding carboxylic acids is 1. The smallest absolute Gasteiger partial charge is 0.323 e. The van der Waals surface area contributed by atoms with E-state index in [0.717, 1.165) is 0 Å². The Labute approximate surface area is 103 Å². The average Bonchev–Trinajstić information content (AvgIpc) is 2.59. The number of carboxylic acid groups (broad SMARTS) is 1. The molecular formula is C10H15N3O3S. The highest BCUT2D eigenvalue weighted by atomic mass is 32.1. The Bertz CT molecular complexity index is 417. The van der Waals surface area contributed by atoms with Crippen LogP contribution in [0.4, 0.5) is 5.13 Å². The van der Waals surface area contributed by atoms with Crippen LogP contribution < -0.4 is 5.73 Å². The summed E-state index contributed by atoms with van der Waals surface area (Å²) in [7, 11) is 0. The lowest BCUT2D eigenvalue weighted by atomic mass is 10.2. The number of aromatic nitrogens is 1. The van der Waals surface area contributed by atoms with E-state index in [-0.39, 0.29) is 24.9 Å². The Balaban J connectivity index is 2.68. The van der Waals surface area contributed by atoms with Crippen molar-refractivity contribution in [3.8, 4) is 0 Å². The lowest BCUT2D eigenvalue weighted by molar-refractivity contribution is -0.145. The first kappa shape index (κ1) is 13.4. The van der Waals surface area contributed by atoms with E-state index < -0.39 is 5.97 Å². The standard InChI is InChI=1S/C10H15N3O3S/c1-6(2)13(4-9(15)16)8(14)3-7-5-17-10(11)12-7/h5-6H,3-4H2,1-2H3,(H2,11,12)(H,15,16). The fraction of sp³-hybridized carbons (Fsp3) is 0.500. The van der Waals surface area contributed by atoms with Gasteiger partial charge in [0.1, 0.15) is 6.54 Å². The number of nitrogens with zero attached hydrogens (tertiary/aromatic N) is 2. The van der Waals surface area contributed by atoms with Gasteiger partial charge >= 0.3 is 5.97 Å². The molecule has 6 nitrogen and oxygen atoms in total. The molecule has 0 saturated heterocycles. The second-order valence-electron chi connectivity index (χ2n) is 3.86. The first-order chi connectivity index (χ1) is 7.90. The topological polar surface area (TPSA) is 96.5 Å². The molecule has 1 aromatic rings. The summed E-state index contributed by atoms with van der Waals surface area (Å²) in [5.41, 5.74) is 6.04. The van der Waals surface area contributed by atoms with Crippen LogP contribution in [0.3, 0.4) is 0 Å². The molecule has 0 aliphatic heterocycles. The quantitative estimate of drug-likeness (QED) is 0.804. The number of nitrogens with two attached hydrogens (primary N) is 1. The van der Waals surface area contributed by atoms with Gasteiger partial charge in [-0.15, -0.1) is 11.3 Å². The number of thiazole rings is 1. The van der Waals surface area contributed by atoms with E-state index in [0.29, 0.717) is 10.8 Å². The third-order valence-corrected chi connectivity index (χ3v) is 2.87. The van der Waals surface area contributed by atoms with Crippen LogP contribution in [0.5, 0.6) is 0 Å². The Morgan fingerprint density at radius 3 is 2.65 bits per heavy atom. The van der Waals surface area contributed by atoms with Crippen LogP contribution in [-0.2, 0) is 16.0 Å². The highest BCUT2D eigenvalue weighted by Crippen LogP contribution is 2.13. The van der Waals surface area contributed by atoms with E-state index in [4.69, 9.17) is 10.8 Å². The van der Waals surface area contributed by atoms with Crippen LogP contribution in [0.2, 0.25) is 0 Å². The number of amides is 1. The van der Waals surface area contributed by atoms with E-state index in [1.54, 1.807) is 19.2 Å². The summed E-state index contributed by atoms with van der Waals surface area (Å²) in [4.78, 5) is 27.8. The zero-order chi connectivity index (χ0) is 13.0. The van der Waals surface area contributed by atoms with Gasteiger partial charge in [-0.3, -0.25) is 9.59 Å². The van der Waals surface area contributed by atoms with Gasteiger partial charge < -0.3 is 15.7 Å². The van der Waals surface area contributed by atoms with Crippen LogP contribution in [0.15, 0.2) is 5.38 Å². The summed E-state index contributed by atoms with van der Waals surface area (Å²) in [6.45, 7) is 3.25. The molecule has 94 valence electrons. The number of rotatable bonds is 5. The molecule has 0 radical (unpaired) electrons. The molecule has 3 N–H and O–H groups in total. The number of hydrogen-bond donors (Lipinski definition) is 2. The molecule has 0 aliphatic rings. The van der Waals surface area contributed by atoms with Crippen LogP contribution in [0.1, 0.15) is 19.5 Å². The molecule has 7 heteroatoms. The molecule has 0 bridgehead atoms. The molecule has 1 amide bonds. The number of hydrogen-bond acceptors (Lipinski definition) is 5. The van der Waals surface area contributed by atoms with Crippen molar-refractivity contribution in [3.63, 3.8) is 0 Å². The average molecular weight is 257 g/mol. The zero-order valence-electron chi connectivity index (χ0n) is 9.71. The molecule has 0 aromatic carbocycles. The van der Waals surface area contributed by atoms with Crippen LogP contribution in [0, 0.1) is 0 Å². The predicted octanol–water partition coefficient (Wildman–Crippen LogP) is 0.589. The van der Waals surface area contributed by atoms with E-state index in [2.05, 4.69) is 4.98 Å². The molecule has 0 aliphatic carbocycles. The van der Waals surface area contributed by atoms with E-state index >= 15 is 0 Å². The largest absolute Gasteiger partial charge is 0.480 e. The predicted molar refractivity (Wildman–Crippen MR) is 64.7 cm³/mol. The second kappa shape index (κ2) is 5.62. The van der Waals surface area contributed by atoms with Gasteiger partial charge in [0.15, 0.2) is 5.13 Å². The van der Waals surface area contributed by atoms with Gasteiger partial charge in [-0.2, -0.15) is 0 Å². The van der Waals surface area contributed by atoms with E-state index in [1.165, 1.54) is 16.2 Å². The molecule has 0 spiro atoms. The summed E-state index contributed by atoms with van der Waals surface area (Å²) in [5, 5.41) is 10.8. The van der Waals surface area contributed by atoms with Crippen molar-refractivity contribution in [3.05, 3.63) is 11.1 Å². The lowest BCUT2D eigenvalue weighted by Crippen LogP contribution is -2.41. The van der Waals surface area contributed by atoms with Gasteiger partial charge in [0.25, 0.3) is 0 Å². The Kier molecular flexibility index (Phi) is 4.45. The lowest BCUT2D eigenvalue weighted by Gasteiger charge is -2.24. The van der Waals surface area contributed by atoms with Crippen molar-refractivity contribution in [2.24, 2.45) is 0 Å². The summed E-state index contributed by atoms with van der Waals surface area (Å²) >= 11 is 1.26. The molecule has 0 saturated carbocycles. The van der Waals surface area contributed by atoms with Crippen molar-refractivity contribution in [1.82, 2.24) is 9.88 Å². The molecule has 1 rings (SSSR count). The Hall–Kier alpha value is -1.63. The molecular weight excluding hydrogens is 242 g/mol. The molecule has 17 heavy (non-hydrogen) atoms. The van der Waals surface area contributed by atoms with Gasteiger partial charge in [0.2, 0.25) is 5.91 Å². The number of aliphatic carboxylic acids is 1. The van der Waals surface area contributed by atoms with Crippen molar-refractivity contribution >= 4 is 28.3 Å². The highest BCUT2D eigenvalue weighted by Gasteiger charge is 2.20. The van der Waals surface area contributed by atoms with Gasteiger partial charge in [-0.25, -0.2) is 4.98 Å². The monoisotopic (exact) mass is 257 g/mol. The molecule has 1 aromatic heterocycles. The minimum atomic E-state index is -1.02. The molecule has 0 unspecified atom stereocenters. The first-order valence-corrected chi connectivity index (χ1v) is 5.99. The SMILES string of the molecule is CC(C)N(CC(=O)O)C(=O)Cc1csc(N)n1. The van der Waals surface area contributed by atoms with Crippen LogP contribution >= 0.6 is 11.3 Å². The van der Waals surface area contributed by atoms with Gasteiger partial charge in [0, 0.05) is 11.4 Å². The fourth-order valence-corrected chi connectivity index (χ4v) is 1.93. The number of anilines is 1. The summed E-state index contributed by atoms with van der Waals surface area (Å²) in [5.74, 6) is -1.28. The maximum atomic E-state index is 11.9. The number of carboxylic acids is 1. The van der Waals surface area contributed by atoms with Crippen LogP contribution in [0.25, 0.3) is 0 Å². The van der Waals surface area contributed by atoms with Crippen molar-refractivity contribution in [1.29, 1.82) is 0 Å². The van der Waals surface area contributed by atoms with Crippen LogP contribution in [-0.4, -0.2) is 39.5 Å². The second-order valence-corrected chi connectivity index (χ2v) is 4.75. The van der Waals surface area contributed by atoms with Gasteiger partial charge in [-0.05, 0) is 13.8 Å². The minimum Gasteiger partial charge on any atom is -0.480 e. The molecule has 0 atom stereocenters. The summed E-state index contributed by atoms with van der Waals surface area (Å²) in [6, 6.07) is -0.158. The Morgan fingerprint density at radius 2 is 2.24 bits per heavy atom.